The Morgan fingerprint density at radius 2 is 1.86 bits per heavy atom. The molecule has 0 fully saturated rings. The maximum atomic E-state index is 13.7. The number of benzene rings is 2. The highest BCUT2D eigenvalue weighted by Crippen LogP contribution is 2.33. The zero-order valence-corrected chi connectivity index (χ0v) is 13.4. The zero-order valence-electron chi connectivity index (χ0n) is 11.8. The maximum Gasteiger partial charge on any atom is 0.190 e. The van der Waals surface area contributed by atoms with Gasteiger partial charge < -0.3 is 5.32 Å². The summed E-state index contributed by atoms with van der Waals surface area (Å²) in [5.41, 5.74) is 2.67. The van der Waals surface area contributed by atoms with Gasteiger partial charge in [0.1, 0.15) is 11.3 Å². The molecule has 0 atom stereocenters. The molecule has 1 N–H and O–H groups in total. The van der Waals surface area contributed by atoms with E-state index in [4.69, 9.17) is 0 Å². The quantitative estimate of drug-likeness (QED) is 0.550. The molecule has 2 heterocycles. The molecule has 0 saturated heterocycles. The molecule has 0 aliphatic heterocycles. The average molecular weight is 329 g/mol. The van der Waals surface area contributed by atoms with Crippen molar-refractivity contribution < 1.29 is 4.39 Å². The topological polar surface area (TPSA) is 37.8 Å². The molecule has 6 heteroatoms. The van der Waals surface area contributed by atoms with E-state index in [1.54, 1.807) is 17.4 Å². The number of para-hydroxylation sites is 1. The number of fused-ring (bicyclic) bond motifs is 2. The van der Waals surface area contributed by atoms with Gasteiger partial charge in [0.15, 0.2) is 10.3 Å². The number of aryl methyl sites for hydroxylation is 1. The Hall–Kier alpha value is -2.05. The molecule has 110 valence electrons. The number of halogens is 1. The summed E-state index contributed by atoms with van der Waals surface area (Å²) in [7, 11) is 0. The minimum absolute atomic E-state index is 0.293. The summed E-state index contributed by atoms with van der Waals surface area (Å²) in [6.45, 7) is 2.14. The summed E-state index contributed by atoms with van der Waals surface area (Å²) in [4.78, 5) is 8.87. The number of nitrogens with one attached hydrogen (secondary N) is 1. The highest BCUT2D eigenvalue weighted by atomic mass is 32.1. The summed E-state index contributed by atoms with van der Waals surface area (Å²) >= 11 is 3.01. The zero-order chi connectivity index (χ0) is 15.1. The van der Waals surface area contributed by atoms with Crippen LogP contribution in [-0.2, 0) is 6.42 Å². The molecule has 2 aromatic carbocycles. The van der Waals surface area contributed by atoms with Crippen molar-refractivity contribution in [3.8, 4) is 0 Å². The van der Waals surface area contributed by atoms with E-state index in [9.17, 15) is 4.39 Å². The van der Waals surface area contributed by atoms with Crippen molar-refractivity contribution >= 4 is 53.4 Å². The minimum atomic E-state index is -0.293. The first-order chi connectivity index (χ1) is 10.7. The summed E-state index contributed by atoms with van der Waals surface area (Å²) in [6, 6.07) is 11.3. The van der Waals surface area contributed by atoms with Gasteiger partial charge in [0, 0.05) is 0 Å². The van der Waals surface area contributed by atoms with Crippen LogP contribution in [0.3, 0.4) is 0 Å². The number of aromatic nitrogens is 2. The van der Waals surface area contributed by atoms with Gasteiger partial charge in [-0.1, -0.05) is 41.7 Å². The Balaban J connectivity index is 1.70. The van der Waals surface area contributed by atoms with Crippen LogP contribution in [0.2, 0.25) is 0 Å². The van der Waals surface area contributed by atoms with E-state index in [-0.39, 0.29) is 5.82 Å². The minimum Gasteiger partial charge on any atom is -0.307 e. The number of hydrogen-bond acceptors (Lipinski definition) is 5. The number of rotatable bonds is 3. The molecule has 0 unspecified atom stereocenters. The van der Waals surface area contributed by atoms with Crippen LogP contribution in [0.5, 0.6) is 0 Å². The second kappa shape index (κ2) is 5.30. The van der Waals surface area contributed by atoms with E-state index in [1.807, 2.05) is 12.1 Å². The Kier molecular flexibility index (Phi) is 3.28. The molecule has 0 aliphatic rings. The fourth-order valence-corrected chi connectivity index (χ4v) is 4.17. The second-order valence-electron chi connectivity index (χ2n) is 4.91. The van der Waals surface area contributed by atoms with Gasteiger partial charge in [0.25, 0.3) is 0 Å². The highest BCUT2D eigenvalue weighted by molar-refractivity contribution is 7.24. The predicted octanol–water partition coefficient (Wildman–Crippen LogP) is 5.35. The van der Waals surface area contributed by atoms with Crippen molar-refractivity contribution in [2.75, 3.05) is 5.32 Å². The lowest BCUT2D eigenvalue weighted by molar-refractivity contribution is 0.637. The van der Waals surface area contributed by atoms with Crippen molar-refractivity contribution in [2.45, 2.75) is 13.3 Å². The first kappa shape index (κ1) is 13.6. The monoisotopic (exact) mass is 329 g/mol. The van der Waals surface area contributed by atoms with Crippen LogP contribution in [0.25, 0.3) is 20.4 Å². The SMILES string of the molecule is CCc1ccc2nc(Nc3nc4c(F)cccc4s3)sc2c1. The molecule has 4 rings (SSSR count). The molecule has 0 bridgehead atoms. The summed E-state index contributed by atoms with van der Waals surface area (Å²) in [5.74, 6) is -0.293. The molecule has 0 aliphatic carbocycles. The van der Waals surface area contributed by atoms with Gasteiger partial charge in [-0.25, -0.2) is 14.4 Å². The van der Waals surface area contributed by atoms with Crippen LogP contribution >= 0.6 is 22.7 Å². The normalized spacial score (nSPS) is 11.4. The largest absolute Gasteiger partial charge is 0.307 e. The predicted molar refractivity (Wildman–Crippen MR) is 91.9 cm³/mol. The van der Waals surface area contributed by atoms with E-state index in [2.05, 4.69) is 34.3 Å². The summed E-state index contributed by atoms with van der Waals surface area (Å²) < 4.78 is 15.7. The van der Waals surface area contributed by atoms with Gasteiger partial charge in [0.2, 0.25) is 0 Å². The molecule has 0 spiro atoms. The molecular weight excluding hydrogens is 317 g/mol. The smallest absolute Gasteiger partial charge is 0.190 e. The third-order valence-corrected chi connectivity index (χ3v) is 5.31. The summed E-state index contributed by atoms with van der Waals surface area (Å²) in [6.07, 6.45) is 1.01. The van der Waals surface area contributed by atoms with Crippen molar-refractivity contribution in [1.29, 1.82) is 0 Å². The van der Waals surface area contributed by atoms with Gasteiger partial charge in [0.05, 0.1) is 14.9 Å². The van der Waals surface area contributed by atoms with Crippen LogP contribution in [0, 0.1) is 5.82 Å². The third-order valence-electron chi connectivity index (χ3n) is 3.44. The number of anilines is 2. The van der Waals surface area contributed by atoms with Crippen molar-refractivity contribution in [2.24, 2.45) is 0 Å². The Labute approximate surface area is 134 Å². The molecular formula is C16H12FN3S2. The molecule has 2 aromatic heterocycles. The Bertz CT molecular complexity index is 974. The van der Waals surface area contributed by atoms with Crippen molar-refractivity contribution in [3.63, 3.8) is 0 Å². The average Bonchev–Trinajstić information content (AvgIpc) is 3.10. The van der Waals surface area contributed by atoms with E-state index in [0.29, 0.717) is 10.6 Å². The molecule has 22 heavy (non-hydrogen) atoms. The van der Waals surface area contributed by atoms with E-state index < -0.39 is 0 Å². The lowest BCUT2D eigenvalue weighted by Crippen LogP contribution is -1.87. The first-order valence-electron chi connectivity index (χ1n) is 6.94. The first-order valence-corrected chi connectivity index (χ1v) is 8.58. The molecule has 4 aromatic rings. The molecule has 3 nitrogen and oxygen atoms in total. The standard InChI is InChI=1S/C16H12FN3S2/c1-2-9-6-7-11-13(8-9)22-15(18-11)20-16-19-14-10(17)4-3-5-12(14)21-16/h3-8H,2H2,1H3,(H,18,19,20). The fourth-order valence-electron chi connectivity index (χ4n) is 2.30. The van der Waals surface area contributed by atoms with Gasteiger partial charge in [-0.05, 0) is 36.2 Å². The Morgan fingerprint density at radius 3 is 2.68 bits per heavy atom. The maximum absolute atomic E-state index is 13.7. The van der Waals surface area contributed by atoms with Gasteiger partial charge in [-0.3, -0.25) is 0 Å². The number of hydrogen-bond donors (Lipinski definition) is 1. The van der Waals surface area contributed by atoms with Crippen molar-refractivity contribution in [1.82, 2.24) is 9.97 Å². The van der Waals surface area contributed by atoms with E-state index in [0.717, 1.165) is 26.5 Å². The van der Waals surface area contributed by atoms with Crippen LogP contribution in [-0.4, -0.2) is 9.97 Å². The lowest BCUT2D eigenvalue weighted by Gasteiger charge is -1.93. The molecule has 0 amide bonds. The third kappa shape index (κ3) is 2.34. The van der Waals surface area contributed by atoms with Gasteiger partial charge in [-0.2, -0.15) is 0 Å². The highest BCUT2D eigenvalue weighted by Gasteiger charge is 2.10. The number of thiazole rings is 2. The number of nitrogens with zero attached hydrogens (tertiary/aromatic N) is 2. The van der Waals surface area contributed by atoms with Crippen molar-refractivity contribution in [3.05, 3.63) is 47.8 Å². The van der Waals surface area contributed by atoms with Crippen LogP contribution in [0.4, 0.5) is 14.7 Å². The molecule has 0 radical (unpaired) electrons. The van der Waals surface area contributed by atoms with E-state index in [1.165, 1.54) is 23.0 Å². The van der Waals surface area contributed by atoms with Crippen LogP contribution in [0.15, 0.2) is 36.4 Å². The lowest BCUT2D eigenvalue weighted by atomic mass is 10.2. The second-order valence-corrected chi connectivity index (χ2v) is 6.97. The van der Waals surface area contributed by atoms with Crippen LogP contribution in [0.1, 0.15) is 12.5 Å². The van der Waals surface area contributed by atoms with Gasteiger partial charge in [-0.15, -0.1) is 0 Å². The van der Waals surface area contributed by atoms with Crippen LogP contribution < -0.4 is 5.32 Å². The summed E-state index contributed by atoms with van der Waals surface area (Å²) in [5, 5.41) is 4.64. The van der Waals surface area contributed by atoms with Gasteiger partial charge >= 0.3 is 0 Å². The Morgan fingerprint density at radius 1 is 1.05 bits per heavy atom. The molecule has 0 saturated carbocycles. The fraction of sp³-hybridized carbons (Fsp3) is 0.125. The van der Waals surface area contributed by atoms with E-state index >= 15 is 0 Å².